The molecule has 2 atom stereocenters. The lowest BCUT2D eigenvalue weighted by Crippen LogP contribution is -2.42. The van der Waals surface area contributed by atoms with Crippen molar-refractivity contribution >= 4 is 17.8 Å². The first kappa shape index (κ1) is 17.3. The highest BCUT2D eigenvalue weighted by atomic mass is 35.5. The van der Waals surface area contributed by atoms with Gasteiger partial charge < -0.3 is 14.8 Å². The highest BCUT2D eigenvalue weighted by Crippen LogP contribution is 2.26. The van der Waals surface area contributed by atoms with Crippen LogP contribution in [0.15, 0.2) is 35.2 Å². The Bertz CT molecular complexity index is 641. The Hall–Kier alpha value is -1.56. The molecule has 130 valence electrons. The number of ether oxygens (including phenoxy) is 2. The summed E-state index contributed by atoms with van der Waals surface area (Å²) in [6.07, 6.45) is 6.72. The molecule has 1 fully saturated rings. The van der Waals surface area contributed by atoms with Crippen LogP contribution in [-0.2, 0) is 11.3 Å². The van der Waals surface area contributed by atoms with E-state index in [0.29, 0.717) is 28.0 Å². The molecule has 0 saturated carbocycles. The van der Waals surface area contributed by atoms with Crippen LogP contribution >= 0.6 is 11.6 Å². The van der Waals surface area contributed by atoms with Crippen LogP contribution < -0.4 is 10.1 Å². The maximum absolute atomic E-state index is 6.18. The number of nitrogens with zero attached hydrogens (tertiary/aromatic N) is 2. The number of hydrogen-bond donors (Lipinski definition) is 1. The van der Waals surface area contributed by atoms with Gasteiger partial charge >= 0.3 is 0 Å². The predicted octanol–water partition coefficient (Wildman–Crippen LogP) is 3.29. The molecular formula is C18H25ClN3O2+. The number of benzene rings is 1. The zero-order valence-electron chi connectivity index (χ0n) is 14.3. The second kappa shape index (κ2) is 7.55. The third-order valence-corrected chi connectivity index (χ3v) is 4.91. The summed E-state index contributed by atoms with van der Waals surface area (Å²) in [5, 5.41) is 8.78. The van der Waals surface area contributed by atoms with Gasteiger partial charge in [0, 0.05) is 13.2 Å². The average Bonchev–Trinajstić information content (AvgIpc) is 3.24. The van der Waals surface area contributed by atoms with Crippen molar-refractivity contribution in [3.05, 3.63) is 40.7 Å². The monoisotopic (exact) mass is 350 g/mol. The van der Waals surface area contributed by atoms with Crippen molar-refractivity contribution in [1.82, 2.24) is 5.32 Å². The Kier molecular flexibility index (Phi) is 5.43. The zero-order valence-corrected chi connectivity index (χ0v) is 15.1. The third kappa shape index (κ3) is 3.91. The summed E-state index contributed by atoms with van der Waals surface area (Å²) in [5.41, 5.74) is 2.15. The second-order valence-corrected chi connectivity index (χ2v) is 6.68. The van der Waals surface area contributed by atoms with Gasteiger partial charge in [0.1, 0.15) is 43.1 Å². The third-order valence-electron chi connectivity index (χ3n) is 4.61. The highest BCUT2D eigenvalue weighted by Gasteiger charge is 2.33. The number of methoxy groups -OCH3 is 1. The van der Waals surface area contributed by atoms with E-state index in [2.05, 4.69) is 18.4 Å². The molecule has 0 bridgehead atoms. The number of rotatable bonds is 7. The minimum absolute atomic E-state index is 0.318. The molecular weight excluding hydrogens is 326 g/mol. The van der Waals surface area contributed by atoms with Gasteiger partial charge in [-0.15, -0.1) is 0 Å². The average molecular weight is 351 g/mol. The molecule has 0 radical (unpaired) electrons. The smallest absolute Gasteiger partial charge is 0.148 e. The van der Waals surface area contributed by atoms with E-state index in [-0.39, 0.29) is 0 Å². The van der Waals surface area contributed by atoms with Crippen molar-refractivity contribution in [2.24, 2.45) is 5.10 Å². The number of allylic oxidation sites excluding steroid dienone is 1. The fourth-order valence-electron chi connectivity index (χ4n) is 3.16. The summed E-state index contributed by atoms with van der Waals surface area (Å²) in [4.78, 5) is 0. The summed E-state index contributed by atoms with van der Waals surface area (Å²) < 4.78 is 11.6. The Labute approximate surface area is 148 Å². The molecule has 0 aromatic heterocycles. The minimum atomic E-state index is 0.318. The van der Waals surface area contributed by atoms with Crippen LogP contribution in [0.1, 0.15) is 25.3 Å². The molecule has 2 aliphatic rings. The quantitative estimate of drug-likeness (QED) is 0.767. The van der Waals surface area contributed by atoms with Crippen molar-refractivity contribution in [2.75, 3.05) is 26.8 Å². The molecule has 0 aliphatic carbocycles. The first-order valence-corrected chi connectivity index (χ1v) is 8.85. The van der Waals surface area contributed by atoms with Crippen LogP contribution in [0.2, 0.25) is 5.02 Å². The van der Waals surface area contributed by atoms with Gasteiger partial charge in [0.05, 0.1) is 12.1 Å². The van der Waals surface area contributed by atoms with Crippen molar-refractivity contribution in [3.8, 4) is 5.75 Å². The SMILES string of the molecule is CC[N@+]1(CC2CCCO2)C=C(NCc2ccc(OC)c(Cl)c2)C=N1. The molecule has 1 unspecified atom stereocenters. The number of hydrogen-bond acceptors (Lipinski definition) is 4. The Morgan fingerprint density at radius 1 is 1.46 bits per heavy atom. The molecule has 2 heterocycles. The molecule has 1 N–H and O–H groups in total. The molecule has 6 heteroatoms. The van der Waals surface area contributed by atoms with Crippen molar-refractivity contribution < 1.29 is 14.1 Å². The molecule has 1 aromatic carbocycles. The Morgan fingerprint density at radius 3 is 3.00 bits per heavy atom. The van der Waals surface area contributed by atoms with Gasteiger partial charge in [0.15, 0.2) is 0 Å². The summed E-state index contributed by atoms with van der Waals surface area (Å²) in [7, 11) is 1.62. The summed E-state index contributed by atoms with van der Waals surface area (Å²) >= 11 is 6.18. The number of likely N-dealkylation sites (N-methyl/N-ethyl adjacent to an activating group) is 1. The van der Waals surface area contributed by atoms with Gasteiger partial charge in [0.2, 0.25) is 0 Å². The molecule has 2 aliphatic heterocycles. The molecule has 5 nitrogen and oxygen atoms in total. The molecule has 24 heavy (non-hydrogen) atoms. The van der Waals surface area contributed by atoms with Crippen LogP contribution in [0.4, 0.5) is 0 Å². The molecule has 3 rings (SSSR count). The van der Waals surface area contributed by atoms with E-state index in [0.717, 1.165) is 43.8 Å². The van der Waals surface area contributed by atoms with Crippen LogP contribution in [0.5, 0.6) is 5.75 Å². The first-order chi connectivity index (χ1) is 11.6. The minimum Gasteiger partial charge on any atom is -0.495 e. The van der Waals surface area contributed by atoms with Crippen LogP contribution in [0.3, 0.4) is 0 Å². The zero-order chi connectivity index (χ0) is 17.0. The lowest BCUT2D eigenvalue weighted by molar-refractivity contribution is -0.885. The lowest BCUT2D eigenvalue weighted by Gasteiger charge is -2.26. The normalized spacial score (nSPS) is 25.8. The van der Waals surface area contributed by atoms with Gasteiger partial charge in [-0.2, -0.15) is 4.59 Å². The maximum atomic E-state index is 6.18. The van der Waals surface area contributed by atoms with E-state index >= 15 is 0 Å². The number of quaternary nitrogens is 1. The van der Waals surface area contributed by atoms with Crippen molar-refractivity contribution in [1.29, 1.82) is 0 Å². The van der Waals surface area contributed by atoms with E-state index in [4.69, 9.17) is 26.2 Å². The van der Waals surface area contributed by atoms with Gasteiger partial charge in [0.25, 0.3) is 0 Å². The predicted molar refractivity (Wildman–Crippen MR) is 96.1 cm³/mol. The van der Waals surface area contributed by atoms with Crippen LogP contribution in [-0.4, -0.2) is 43.7 Å². The Balaban J connectivity index is 1.61. The standard InChI is InChI=1S/C18H25ClN3O2/c1-3-22(13-16-5-4-8-24-16)12-15(11-21-22)20-10-14-6-7-18(23-2)17(19)9-14/h6-7,9,11-12,16,20H,3-5,8,10,13H2,1-2H3/q+1/t16?,22-/m1/s1. The van der Waals surface area contributed by atoms with Gasteiger partial charge in [-0.25, -0.2) is 0 Å². The van der Waals surface area contributed by atoms with Gasteiger partial charge in [-0.3, -0.25) is 0 Å². The molecule has 0 spiro atoms. The summed E-state index contributed by atoms with van der Waals surface area (Å²) in [6, 6.07) is 5.83. The summed E-state index contributed by atoms with van der Waals surface area (Å²) in [5.74, 6) is 0.695. The first-order valence-electron chi connectivity index (χ1n) is 8.47. The Morgan fingerprint density at radius 2 is 2.33 bits per heavy atom. The van der Waals surface area contributed by atoms with Gasteiger partial charge in [-0.05, 0) is 37.5 Å². The number of nitrogens with one attached hydrogen (secondary N) is 1. The van der Waals surface area contributed by atoms with Gasteiger partial charge in [-0.1, -0.05) is 22.8 Å². The fraction of sp³-hybridized carbons (Fsp3) is 0.500. The molecule has 0 amide bonds. The topological polar surface area (TPSA) is 42.8 Å². The van der Waals surface area contributed by atoms with Crippen LogP contribution in [0, 0.1) is 0 Å². The van der Waals surface area contributed by atoms with E-state index in [1.165, 1.54) is 0 Å². The summed E-state index contributed by atoms with van der Waals surface area (Å²) in [6.45, 7) is 5.58. The highest BCUT2D eigenvalue weighted by molar-refractivity contribution is 6.32. The number of halogens is 1. The lowest BCUT2D eigenvalue weighted by atomic mass is 10.2. The second-order valence-electron chi connectivity index (χ2n) is 6.27. The van der Waals surface area contributed by atoms with Crippen molar-refractivity contribution in [3.63, 3.8) is 0 Å². The van der Waals surface area contributed by atoms with Crippen LogP contribution in [0.25, 0.3) is 0 Å². The van der Waals surface area contributed by atoms with E-state index < -0.39 is 0 Å². The van der Waals surface area contributed by atoms with E-state index in [1.807, 2.05) is 24.4 Å². The van der Waals surface area contributed by atoms with E-state index in [1.54, 1.807) is 7.11 Å². The molecule has 1 aromatic rings. The maximum Gasteiger partial charge on any atom is 0.148 e. The fourth-order valence-corrected chi connectivity index (χ4v) is 3.44. The largest absolute Gasteiger partial charge is 0.495 e. The van der Waals surface area contributed by atoms with E-state index in [9.17, 15) is 0 Å². The van der Waals surface area contributed by atoms with Crippen molar-refractivity contribution in [2.45, 2.75) is 32.4 Å². The molecule has 1 saturated heterocycles.